The van der Waals surface area contributed by atoms with E-state index in [1.165, 1.54) is 0 Å². The topological polar surface area (TPSA) is 67.4 Å². The molecule has 0 unspecified atom stereocenters. The van der Waals surface area contributed by atoms with E-state index in [4.69, 9.17) is 16.3 Å². The zero-order valence-corrected chi connectivity index (χ0v) is 15.2. The molecule has 6 nitrogen and oxygen atoms in total. The lowest BCUT2D eigenvalue weighted by atomic mass is 9.95. The molecule has 4 rings (SSSR count). The minimum Gasteiger partial charge on any atom is -0.492 e. The van der Waals surface area contributed by atoms with Crippen LogP contribution in [0.15, 0.2) is 36.7 Å². The molecule has 26 heavy (non-hydrogen) atoms. The molecule has 2 aliphatic rings. The fourth-order valence-electron chi connectivity index (χ4n) is 3.58. The first kappa shape index (κ1) is 17.1. The second-order valence-electron chi connectivity index (χ2n) is 6.81. The quantitative estimate of drug-likeness (QED) is 0.896. The highest BCUT2D eigenvalue weighted by molar-refractivity contribution is 6.30. The van der Waals surface area contributed by atoms with Gasteiger partial charge in [0.05, 0.1) is 5.92 Å². The molecule has 0 bridgehead atoms. The molecule has 1 N–H and O–H groups in total. The molecule has 2 atom stereocenters. The van der Waals surface area contributed by atoms with Crippen molar-refractivity contribution in [1.82, 2.24) is 15.3 Å². The average molecular weight is 373 g/mol. The lowest BCUT2D eigenvalue weighted by molar-refractivity contribution is -0.127. The second-order valence-corrected chi connectivity index (χ2v) is 7.24. The van der Waals surface area contributed by atoms with Crippen LogP contribution in [-0.4, -0.2) is 41.6 Å². The maximum Gasteiger partial charge on any atom is 0.227 e. The van der Waals surface area contributed by atoms with Crippen LogP contribution in [0.2, 0.25) is 5.02 Å². The second kappa shape index (κ2) is 7.50. The van der Waals surface area contributed by atoms with Gasteiger partial charge in [-0.25, -0.2) is 9.97 Å². The van der Waals surface area contributed by atoms with Gasteiger partial charge < -0.3 is 15.0 Å². The van der Waals surface area contributed by atoms with Crippen LogP contribution in [0.3, 0.4) is 0 Å². The molecular weight excluding hydrogens is 352 g/mol. The maximum absolute atomic E-state index is 12.7. The Kier molecular flexibility index (Phi) is 4.93. The van der Waals surface area contributed by atoms with Crippen molar-refractivity contribution in [2.24, 2.45) is 5.92 Å². The van der Waals surface area contributed by atoms with Crippen molar-refractivity contribution in [3.05, 3.63) is 47.2 Å². The van der Waals surface area contributed by atoms with Crippen molar-refractivity contribution < 1.29 is 9.53 Å². The van der Waals surface area contributed by atoms with Gasteiger partial charge in [0, 0.05) is 36.5 Å². The Bertz CT molecular complexity index is 786. The van der Waals surface area contributed by atoms with Crippen molar-refractivity contribution >= 4 is 23.5 Å². The summed E-state index contributed by atoms with van der Waals surface area (Å²) in [6.07, 6.45) is 6.10. The maximum atomic E-state index is 12.7. The van der Waals surface area contributed by atoms with Crippen LogP contribution in [-0.2, 0) is 11.2 Å². The smallest absolute Gasteiger partial charge is 0.227 e. The fourth-order valence-corrected chi connectivity index (χ4v) is 3.78. The molecule has 0 spiro atoms. The largest absolute Gasteiger partial charge is 0.492 e. The summed E-state index contributed by atoms with van der Waals surface area (Å²) in [5.74, 6) is 1.39. The Labute approximate surface area is 157 Å². The summed E-state index contributed by atoms with van der Waals surface area (Å²) in [6, 6.07) is 7.46. The highest BCUT2D eigenvalue weighted by Crippen LogP contribution is 2.30. The van der Waals surface area contributed by atoms with E-state index in [0.717, 1.165) is 43.2 Å². The van der Waals surface area contributed by atoms with E-state index in [9.17, 15) is 4.79 Å². The lowest BCUT2D eigenvalue weighted by Crippen LogP contribution is -2.50. The monoisotopic (exact) mass is 372 g/mol. The van der Waals surface area contributed by atoms with Crippen molar-refractivity contribution in [1.29, 1.82) is 0 Å². The highest BCUT2D eigenvalue weighted by atomic mass is 35.5. The number of rotatable bonds is 3. The van der Waals surface area contributed by atoms with Crippen molar-refractivity contribution in [2.75, 3.05) is 24.6 Å². The molecule has 7 heteroatoms. The molecule has 1 aromatic carbocycles. The number of carbonyl (C=O) groups is 1. The molecule has 3 heterocycles. The summed E-state index contributed by atoms with van der Waals surface area (Å²) in [6.45, 7) is 2.04. The molecule has 0 saturated carbocycles. The zero-order valence-electron chi connectivity index (χ0n) is 14.4. The first-order valence-electron chi connectivity index (χ1n) is 8.92. The standard InChI is InChI=1S/C19H21ClN4O2/c20-15-4-5-17-13(10-15)9-14(12-26-17)18(25)23-16-3-1-8-24(11-16)19-21-6-2-7-22-19/h2,4-7,10,14,16H,1,3,8-9,11-12H2,(H,23,25)/t14-,16+/m1/s1. The van der Waals surface area contributed by atoms with Crippen LogP contribution in [0.25, 0.3) is 0 Å². The van der Waals surface area contributed by atoms with E-state index in [2.05, 4.69) is 20.2 Å². The van der Waals surface area contributed by atoms with Gasteiger partial charge in [-0.2, -0.15) is 0 Å². The van der Waals surface area contributed by atoms with Gasteiger partial charge in [0.1, 0.15) is 12.4 Å². The zero-order chi connectivity index (χ0) is 17.9. The van der Waals surface area contributed by atoms with Gasteiger partial charge >= 0.3 is 0 Å². The van der Waals surface area contributed by atoms with Crippen LogP contribution in [0.5, 0.6) is 5.75 Å². The number of nitrogens with one attached hydrogen (secondary N) is 1. The summed E-state index contributed by atoms with van der Waals surface area (Å²) in [5.41, 5.74) is 0.992. The van der Waals surface area contributed by atoms with Gasteiger partial charge in [-0.3, -0.25) is 4.79 Å². The Morgan fingerprint density at radius 1 is 1.31 bits per heavy atom. The Morgan fingerprint density at radius 2 is 2.15 bits per heavy atom. The molecule has 1 amide bonds. The number of hydrogen-bond donors (Lipinski definition) is 1. The predicted octanol–water partition coefficient (Wildman–Crippen LogP) is 2.47. The number of benzene rings is 1. The number of carbonyl (C=O) groups excluding carboxylic acids is 1. The molecule has 1 fully saturated rings. The first-order chi connectivity index (χ1) is 12.7. The molecular formula is C19H21ClN4O2. The molecule has 1 aromatic heterocycles. The number of aromatic nitrogens is 2. The van der Waals surface area contributed by atoms with Crippen LogP contribution >= 0.6 is 11.6 Å². The van der Waals surface area contributed by atoms with E-state index in [1.807, 2.05) is 18.2 Å². The third-order valence-corrected chi connectivity index (χ3v) is 5.14. The van der Waals surface area contributed by atoms with Crippen molar-refractivity contribution in [2.45, 2.75) is 25.3 Å². The number of hydrogen-bond acceptors (Lipinski definition) is 5. The van der Waals surface area contributed by atoms with E-state index in [-0.39, 0.29) is 17.9 Å². The third-order valence-electron chi connectivity index (χ3n) is 4.90. The Balaban J connectivity index is 1.37. The number of ether oxygens (including phenoxy) is 1. The van der Waals surface area contributed by atoms with Gasteiger partial charge in [0.2, 0.25) is 11.9 Å². The van der Waals surface area contributed by atoms with Gasteiger partial charge in [0.25, 0.3) is 0 Å². The molecule has 0 radical (unpaired) electrons. The van der Waals surface area contributed by atoms with Crippen LogP contribution in [0.4, 0.5) is 5.95 Å². The van der Waals surface area contributed by atoms with Crippen LogP contribution in [0.1, 0.15) is 18.4 Å². The van der Waals surface area contributed by atoms with Crippen LogP contribution in [0, 0.1) is 5.92 Å². The number of fused-ring (bicyclic) bond motifs is 1. The van der Waals surface area contributed by atoms with Gasteiger partial charge in [0.15, 0.2) is 0 Å². The highest BCUT2D eigenvalue weighted by Gasteiger charge is 2.29. The van der Waals surface area contributed by atoms with E-state index < -0.39 is 0 Å². The van der Waals surface area contributed by atoms with E-state index in [1.54, 1.807) is 18.5 Å². The number of halogens is 1. The summed E-state index contributed by atoms with van der Waals surface area (Å²) in [7, 11) is 0. The summed E-state index contributed by atoms with van der Waals surface area (Å²) >= 11 is 6.06. The number of nitrogens with zero attached hydrogens (tertiary/aromatic N) is 3. The minimum atomic E-state index is -0.190. The molecule has 2 aromatic rings. The SMILES string of the molecule is O=C(N[C@H]1CCCN(c2ncccn2)C1)[C@H]1COc2ccc(Cl)cc2C1. The third kappa shape index (κ3) is 3.75. The lowest BCUT2D eigenvalue weighted by Gasteiger charge is -2.34. The first-order valence-corrected chi connectivity index (χ1v) is 9.30. The average Bonchev–Trinajstić information content (AvgIpc) is 2.68. The molecule has 1 saturated heterocycles. The van der Waals surface area contributed by atoms with Gasteiger partial charge in [-0.05, 0) is 49.1 Å². The van der Waals surface area contributed by atoms with Gasteiger partial charge in [-0.1, -0.05) is 11.6 Å². The Hall–Kier alpha value is -2.34. The van der Waals surface area contributed by atoms with Crippen molar-refractivity contribution in [3.8, 4) is 5.75 Å². The normalized spacial score (nSPS) is 22.3. The van der Waals surface area contributed by atoms with Gasteiger partial charge in [-0.15, -0.1) is 0 Å². The fraction of sp³-hybridized carbons (Fsp3) is 0.421. The van der Waals surface area contributed by atoms with Crippen LogP contribution < -0.4 is 15.0 Å². The van der Waals surface area contributed by atoms with E-state index >= 15 is 0 Å². The summed E-state index contributed by atoms with van der Waals surface area (Å²) in [5, 5.41) is 3.85. The number of anilines is 1. The number of piperidine rings is 1. The summed E-state index contributed by atoms with van der Waals surface area (Å²) < 4.78 is 5.74. The molecule has 136 valence electrons. The molecule has 2 aliphatic heterocycles. The summed E-state index contributed by atoms with van der Waals surface area (Å²) in [4.78, 5) is 23.5. The van der Waals surface area contributed by atoms with Crippen molar-refractivity contribution in [3.63, 3.8) is 0 Å². The van der Waals surface area contributed by atoms with E-state index in [0.29, 0.717) is 18.1 Å². The minimum absolute atomic E-state index is 0.0384. The Morgan fingerprint density at radius 3 is 3.00 bits per heavy atom. The number of amides is 1. The molecule has 0 aliphatic carbocycles. The predicted molar refractivity (Wildman–Crippen MR) is 99.6 cm³/mol.